The van der Waals surface area contributed by atoms with Crippen molar-refractivity contribution < 1.29 is 9.53 Å². The van der Waals surface area contributed by atoms with Gasteiger partial charge in [0.2, 0.25) is 0 Å². The molecule has 0 radical (unpaired) electrons. The largest absolute Gasteiger partial charge is 0.497 e. The predicted molar refractivity (Wildman–Crippen MR) is 127 cm³/mol. The number of benzene rings is 2. The Morgan fingerprint density at radius 2 is 1.74 bits per heavy atom. The summed E-state index contributed by atoms with van der Waals surface area (Å²) in [4.78, 5) is 30.9. The minimum absolute atomic E-state index is 0.0643. The number of ether oxygens (including phenoxy) is 1. The molecule has 2 aromatic carbocycles. The van der Waals surface area contributed by atoms with Gasteiger partial charge >= 0.3 is 0 Å². The van der Waals surface area contributed by atoms with Crippen LogP contribution >= 0.6 is 0 Å². The van der Waals surface area contributed by atoms with Crippen LogP contribution < -0.4 is 10.3 Å². The molecule has 0 fully saturated rings. The average Bonchev–Trinajstić information content (AvgIpc) is 2.73. The number of aromatic nitrogens is 1. The molecule has 0 bridgehead atoms. The normalized spacial score (nSPS) is 12.5. The van der Waals surface area contributed by atoms with E-state index < -0.39 is 0 Å². The third-order valence-corrected chi connectivity index (χ3v) is 5.68. The lowest BCUT2D eigenvalue weighted by atomic mass is 9.83. The Morgan fingerprint density at radius 1 is 1.03 bits per heavy atom. The summed E-state index contributed by atoms with van der Waals surface area (Å²) in [6.45, 7) is 4.86. The molecule has 5 nitrogen and oxygen atoms in total. The molecule has 5 heteroatoms. The van der Waals surface area contributed by atoms with E-state index in [1.807, 2.05) is 76.5 Å². The number of pyridine rings is 1. The molecule has 0 spiro atoms. The monoisotopic (exact) mass is 420 g/mol. The zero-order chi connectivity index (χ0) is 22.5. The molecule has 0 saturated carbocycles. The first-order valence-corrected chi connectivity index (χ1v) is 10.8. The Balaban J connectivity index is 1.88. The van der Waals surface area contributed by atoms with Crippen molar-refractivity contribution in [2.24, 2.45) is 5.92 Å². The maximum Gasteiger partial charge on any atom is 0.252 e. The number of rotatable bonds is 9. The highest BCUT2D eigenvalue weighted by Gasteiger charge is 2.26. The van der Waals surface area contributed by atoms with Gasteiger partial charge in [-0.05, 0) is 73.6 Å². The lowest BCUT2D eigenvalue weighted by Crippen LogP contribution is -2.26. The molecule has 0 aliphatic heterocycles. The van der Waals surface area contributed by atoms with Crippen LogP contribution in [0.5, 0.6) is 5.75 Å². The van der Waals surface area contributed by atoms with Crippen molar-refractivity contribution in [3.63, 3.8) is 0 Å². The minimum atomic E-state index is -0.385. The number of nitrogens with one attached hydrogen (secondary N) is 1. The molecule has 0 aliphatic carbocycles. The first-order valence-electron chi connectivity index (χ1n) is 10.8. The van der Waals surface area contributed by atoms with Crippen molar-refractivity contribution in [3.05, 3.63) is 64.4 Å². The Hall–Kier alpha value is -2.92. The summed E-state index contributed by atoms with van der Waals surface area (Å²) in [7, 11) is 5.65. The summed E-state index contributed by atoms with van der Waals surface area (Å²) in [5, 5.41) is 2.14. The van der Waals surface area contributed by atoms with E-state index in [1.165, 1.54) is 0 Å². The first kappa shape index (κ1) is 22.8. The number of fused-ring (bicyclic) bond motifs is 1. The van der Waals surface area contributed by atoms with E-state index in [4.69, 9.17) is 4.74 Å². The van der Waals surface area contributed by atoms with Crippen molar-refractivity contribution in [3.8, 4) is 17.0 Å². The molecule has 1 unspecified atom stereocenters. The molecule has 0 aliphatic rings. The lowest BCUT2D eigenvalue weighted by Gasteiger charge is -2.20. The van der Waals surface area contributed by atoms with Gasteiger partial charge in [0.1, 0.15) is 11.5 Å². The van der Waals surface area contributed by atoms with Gasteiger partial charge in [0, 0.05) is 17.7 Å². The molecule has 3 rings (SSSR count). The zero-order valence-electron chi connectivity index (χ0n) is 19.1. The topological polar surface area (TPSA) is 62.4 Å². The number of hydrogen-bond donors (Lipinski definition) is 1. The Labute approximate surface area is 184 Å². The van der Waals surface area contributed by atoms with Crippen LogP contribution in [0.4, 0.5) is 0 Å². The van der Waals surface area contributed by atoms with Crippen molar-refractivity contribution in [1.82, 2.24) is 9.88 Å². The van der Waals surface area contributed by atoms with Gasteiger partial charge in [-0.25, -0.2) is 0 Å². The van der Waals surface area contributed by atoms with Crippen LogP contribution in [0.25, 0.3) is 22.0 Å². The highest BCUT2D eigenvalue weighted by molar-refractivity contribution is 5.88. The van der Waals surface area contributed by atoms with Gasteiger partial charge in [-0.15, -0.1) is 0 Å². The quantitative estimate of drug-likeness (QED) is 0.537. The Kier molecular flexibility index (Phi) is 7.29. The maximum atomic E-state index is 13.0. The number of aromatic amines is 1. The van der Waals surface area contributed by atoms with Gasteiger partial charge in [-0.1, -0.05) is 38.1 Å². The minimum Gasteiger partial charge on any atom is -0.497 e. The number of H-pyrrole nitrogens is 1. The number of hydrogen-bond acceptors (Lipinski definition) is 4. The van der Waals surface area contributed by atoms with Crippen LogP contribution in [0.15, 0.2) is 53.3 Å². The Morgan fingerprint density at radius 3 is 2.39 bits per heavy atom. The van der Waals surface area contributed by atoms with Crippen LogP contribution in [-0.2, 0) is 4.79 Å². The maximum absolute atomic E-state index is 13.0. The number of methoxy groups -OCH3 is 1. The van der Waals surface area contributed by atoms with E-state index in [2.05, 4.69) is 9.88 Å². The van der Waals surface area contributed by atoms with Crippen LogP contribution in [-0.4, -0.2) is 43.4 Å². The SMILES string of the molecule is COc1ccc2cc(-c3ccc(C(C(=O)CCCN(C)C)C(C)C)c(=O)[nH]3)ccc2c1. The van der Waals surface area contributed by atoms with Crippen molar-refractivity contribution >= 4 is 16.6 Å². The smallest absolute Gasteiger partial charge is 0.252 e. The number of nitrogens with zero attached hydrogens (tertiary/aromatic N) is 1. The van der Waals surface area contributed by atoms with Crippen molar-refractivity contribution in [1.29, 1.82) is 0 Å². The molecule has 164 valence electrons. The molecule has 1 N–H and O–H groups in total. The molecule has 3 aromatic rings. The standard InChI is InChI=1S/C26H32N2O3/c1-17(2)25(24(29)7-6-14-28(3)4)22-12-13-23(27-26(22)30)20-9-8-19-16-21(31-5)11-10-18(19)15-20/h8-13,15-17,25H,6-7,14H2,1-5H3,(H,27,30). The highest BCUT2D eigenvalue weighted by Crippen LogP contribution is 2.28. The summed E-state index contributed by atoms with van der Waals surface area (Å²) in [6.07, 6.45) is 1.28. The van der Waals surface area contributed by atoms with Crippen LogP contribution in [0.3, 0.4) is 0 Å². The van der Waals surface area contributed by atoms with E-state index in [1.54, 1.807) is 7.11 Å². The number of ketones is 1. The average molecular weight is 421 g/mol. The second kappa shape index (κ2) is 9.92. The molecule has 31 heavy (non-hydrogen) atoms. The number of Topliss-reactive ketones (excluding diaryl/α,β-unsaturated/α-hetero) is 1. The second-order valence-corrected chi connectivity index (χ2v) is 8.68. The van der Waals surface area contributed by atoms with Gasteiger partial charge in [-0.3, -0.25) is 9.59 Å². The third-order valence-electron chi connectivity index (χ3n) is 5.68. The van der Waals surface area contributed by atoms with E-state index in [0.29, 0.717) is 12.0 Å². The summed E-state index contributed by atoms with van der Waals surface area (Å²) in [6, 6.07) is 15.7. The molecule has 1 aromatic heterocycles. The summed E-state index contributed by atoms with van der Waals surface area (Å²) in [5.74, 6) is 0.626. The first-order chi connectivity index (χ1) is 14.8. The lowest BCUT2D eigenvalue weighted by molar-refractivity contribution is -0.121. The predicted octanol–water partition coefficient (Wildman–Crippen LogP) is 4.85. The van der Waals surface area contributed by atoms with Gasteiger partial charge in [0.15, 0.2) is 0 Å². The van der Waals surface area contributed by atoms with Crippen molar-refractivity contribution in [2.75, 3.05) is 27.7 Å². The fourth-order valence-corrected chi connectivity index (χ4v) is 4.05. The van der Waals surface area contributed by atoms with Gasteiger partial charge in [0.25, 0.3) is 5.56 Å². The van der Waals surface area contributed by atoms with Gasteiger partial charge < -0.3 is 14.6 Å². The summed E-state index contributed by atoms with van der Waals surface area (Å²) < 4.78 is 5.29. The Bertz CT molecular complexity index is 1120. The molecule has 1 atom stereocenters. The molecular formula is C26H32N2O3. The van der Waals surface area contributed by atoms with E-state index in [0.717, 1.165) is 40.7 Å². The zero-order valence-corrected chi connectivity index (χ0v) is 19.1. The van der Waals surface area contributed by atoms with Gasteiger partial charge in [0.05, 0.1) is 13.0 Å². The van der Waals surface area contributed by atoms with E-state index in [9.17, 15) is 9.59 Å². The van der Waals surface area contributed by atoms with Gasteiger partial charge in [-0.2, -0.15) is 0 Å². The third kappa shape index (κ3) is 5.42. The fraction of sp³-hybridized carbons (Fsp3) is 0.385. The van der Waals surface area contributed by atoms with E-state index in [-0.39, 0.29) is 23.2 Å². The van der Waals surface area contributed by atoms with E-state index >= 15 is 0 Å². The second-order valence-electron chi connectivity index (χ2n) is 8.68. The number of carbonyl (C=O) groups excluding carboxylic acids is 1. The number of carbonyl (C=O) groups is 1. The summed E-state index contributed by atoms with van der Waals surface area (Å²) >= 11 is 0. The highest BCUT2D eigenvalue weighted by atomic mass is 16.5. The summed E-state index contributed by atoms with van der Waals surface area (Å²) in [5.41, 5.74) is 2.04. The molecule has 1 heterocycles. The van der Waals surface area contributed by atoms with Crippen LogP contribution in [0.1, 0.15) is 38.2 Å². The molecule has 0 saturated heterocycles. The fourth-order valence-electron chi connectivity index (χ4n) is 4.05. The van der Waals surface area contributed by atoms with Crippen molar-refractivity contribution in [2.45, 2.75) is 32.6 Å². The molecule has 0 amide bonds. The van der Waals surface area contributed by atoms with Crippen LogP contribution in [0.2, 0.25) is 0 Å². The molecular weight excluding hydrogens is 388 g/mol. The van der Waals surface area contributed by atoms with Crippen LogP contribution in [0, 0.1) is 5.92 Å².